The van der Waals surface area contributed by atoms with Crippen LogP contribution in [0.1, 0.15) is 36.8 Å². The van der Waals surface area contributed by atoms with Crippen molar-refractivity contribution in [1.82, 2.24) is 30.5 Å². The Balaban J connectivity index is 1.68. The average Bonchev–Trinajstić information content (AvgIpc) is 3.29. The molecule has 0 unspecified atom stereocenters. The number of carbonyl (C=O) groups is 1. The normalized spacial score (nSPS) is 10.9. The zero-order valence-corrected chi connectivity index (χ0v) is 18.5. The van der Waals surface area contributed by atoms with E-state index in [2.05, 4.69) is 25.8 Å². The highest BCUT2D eigenvalue weighted by atomic mass is 19.1. The summed E-state index contributed by atoms with van der Waals surface area (Å²) < 4.78 is 21.8. The lowest BCUT2D eigenvalue weighted by molar-refractivity contribution is 0.200. The highest BCUT2D eigenvalue weighted by molar-refractivity contribution is 5.74. The summed E-state index contributed by atoms with van der Waals surface area (Å²) >= 11 is 0. The number of tetrazole rings is 1. The van der Waals surface area contributed by atoms with Crippen molar-refractivity contribution in [2.75, 3.05) is 0 Å². The van der Waals surface area contributed by atoms with Crippen molar-refractivity contribution in [2.45, 2.75) is 33.2 Å². The SMILES string of the molecule is Cc1ccc(-c2cc(OC(=O)NCc3ccccn3)cc(-n3nnnc3C(C)C)c2)c(F)c1. The first-order valence-corrected chi connectivity index (χ1v) is 10.5. The largest absolute Gasteiger partial charge is 0.412 e. The summed E-state index contributed by atoms with van der Waals surface area (Å²) in [5, 5.41) is 14.6. The first kappa shape index (κ1) is 22.1. The van der Waals surface area contributed by atoms with E-state index >= 15 is 0 Å². The Bertz CT molecular complexity index is 1270. The van der Waals surface area contributed by atoms with E-state index in [9.17, 15) is 9.18 Å². The van der Waals surface area contributed by atoms with Crippen LogP contribution >= 0.6 is 0 Å². The van der Waals surface area contributed by atoms with E-state index in [4.69, 9.17) is 4.74 Å². The molecule has 168 valence electrons. The molecule has 4 aromatic rings. The molecular formula is C24H23FN6O2. The predicted octanol–water partition coefficient (Wildman–Crippen LogP) is 4.58. The Morgan fingerprint density at radius 1 is 1.15 bits per heavy atom. The van der Waals surface area contributed by atoms with Crippen LogP contribution in [0.15, 0.2) is 60.8 Å². The van der Waals surface area contributed by atoms with E-state index in [0.29, 0.717) is 28.3 Å². The fourth-order valence-electron chi connectivity index (χ4n) is 3.32. The molecule has 0 saturated heterocycles. The third-order valence-corrected chi connectivity index (χ3v) is 4.93. The summed E-state index contributed by atoms with van der Waals surface area (Å²) in [6, 6.07) is 15.4. The zero-order chi connectivity index (χ0) is 23.4. The van der Waals surface area contributed by atoms with Gasteiger partial charge in [0.05, 0.1) is 17.9 Å². The minimum atomic E-state index is -0.658. The number of ether oxygens (including phenoxy) is 1. The molecule has 0 aliphatic carbocycles. The van der Waals surface area contributed by atoms with Crippen molar-refractivity contribution in [3.63, 3.8) is 0 Å². The molecule has 0 spiro atoms. The van der Waals surface area contributed by atoms with Crippen molar-refractivity contribution in [3.8, 4) is 22.6 Å². The molecule has 1 amide bonds. The topological polar surface area (TPSA) is 94.8 Å². The summed E-state index contributed by atoms with van der Waals surface area (Å²) in [6.07, 6.45) is 0.987. The van der Waals surface area contributed by atoms with Gasteiger partial charge in [-0.1, -0.05) is 32.0 Å². The first-order valence-electron chi connectivity index (χ1n) is 10.5. The molecule has 0 fully saturated rings. The van der Waals surface area contributed by atoms with Gasteiger partial charge in [0.25, 0.3) is 0 Å². The van der Waals surface area contributed by atoms with Crippen molar-refractivity contribution in [3.05, 3.63) is 83.7 Å². The van der Waals surface area contributed by atoms with Gasteiger partial charge in [0.2, 0.25) is 0 Å². The monoisotopic (exact) mass is 446 g/mol. The highest BCUT2D eigenvalue weighted by Gasteiger charge is 2.17. The van der Waals surface area contributed by atoms with E-state index in [1.165, 1.54) is 6.07 Å². The van der Waals surface area contributed by atoms with Gasteiger partial charge in [-0.2, -0.15) is 4.68 Å². The molecule has 2 heterocycles. The Kier molecular flexibility index (Phi) is 6.39. The van der Waals surface area contributed by atoms with Gasteiger partial charge >= 0.3 is 6.09 Å². The molecule has 0 aliphatic rings. The van der Waals surface area contributed by atoms with Gasteiger partial charge in [-0.25, -0.2) is 9.18 Å². The van der Waals surface area contributed by atoms with Gasteiger partial charge < -0.3 is 10.1 Å². The first-order chi connectivity index (χ1) is 15.9. The molecule has 2 aromatic heterocycles. The molecule has 0 saturated carbocycles. The Labute approximate surface area is 190 Å². The van der Waals surface area contributed by atoms with Crippen molar-refractivity contribution >= 4 is 6.09 Å². The number of carbonyl (C=O) groups excluding carboxylic acids is 1. The van der Waals surface area contributed by atoms with Crippen molar-refractivity contribution in [2.24, 2.45) is 0 Å². The van der Waals surface area contributed by atoms with Crippen LogP contribution in [0.3, 0.4) is 0 Å². The minimum Gasteiger partial charge on any atom is -0.410 e. The van der Waals surface area contributed by atoms with Crippen molar-refractivity contribution < 1.29 is 13.9 Å². The fraction of sp³-hybridized carbons (Fsp3) is 0.208. The van der Waals surface area contributed by atoms with E-state index in [1.54, 1.807) is 47.3 Å². The van der Waals surface area contributed by atoms with Gasteiger partial charge in [-0.05, 0) is 58.8 Å². The summed E-state index contributed by atoms with van der Waals surface area (Å²) in [4.78, 5) is 16.6. The number of amides is 1. The standard InChI is InChI=1S/C24H23FN6O2/c1-15(2)23-28-29-30-31(23)19-11-17(21-8-7-16(3)10-22(21)25)12-20(13-19)33-24(32)27-14-18-6-4-5-9-26-18/h4-13,15H,14H2,1-3H3,(H,27,32). The highest BCUT2D eigenvalue weighted by Crippen LogP contribution is 2.31. The summed E-state index contributed by atoms with van der Waals surface area (Å²) in [7, 11) is 0. The summed E-state index contributed by atoms with van der Waals surface area (Å²) in [5.74, 6) is 0.526. The minimum absolute atomic E-state index is 0.0470. The number of nitrogens with zero attached hydrogens (tertiary/aromatic N) is 5. The smallest absolute Gasteiger partial charge is 0.410 e. The van der Waals surface area contributed by atoms with Crippen LogP contribution in [0, 0.1) is 12.7 Å². The maximum Gasteiger partial charge on any atom is 0.412 e. The number of halogens is 1. The van der Waals surface area contributed by atoms with Crippen molar-refractivity contribution in [1.29, 1.82) is 0 Å². The second-order valence-electron chi connectivity index (χ2n) is 7.87. The molecular weight excluding hydrogens is 423 g/mol. The molecule has 9 heteroatoms. The van der Waals surface area contributed by atoms with Gasteiger partial charge in [0.15, 0.2) is 5.82 Å². The fourth-order valence-corrected chi connectivity index (χ4v) is 3.32. The van der Waals surface area contributed by atoms with Gasteiger partial charge in [-0.3, -0.25) is 4.98 Å². The van der Waals surface area contributed by atoms with Crippen LogP contribution < -0.4 is 10.1 Å². The van der Waals surface area contributed by atoms with Crippen LogP contribution in [0.2, 0.25) is 0 Å². The van der Waals surface area contributed by atoms with Gasteiger partial charge in [-0.15, -0.1) is 5.10 Å². The second-order valence-corrected chi connectivity index (χ2v) is 7.87. The zero-order valence-electron chi connectivity index (χ0n) is 18.5. The molecule has 0 aliphatic heterocycles. The molecule has 0 radical (unpaired) electrons. The maximum absolute atomic E-state index is 14.7. The van der Waals surface area contributed by atoms with E-state index in [-0.39, 0.29) is 24.0 Å². The summed E-state index contributed by atoms with van der Waals surface area (Å²) in [6.45, 7) is 5.96. The van der Waals surface area contributed by atoms with E-state index in [1.807, 2.05) is 32.9 Å². The van der Waals surface area contributed by atoms with Crippen LogP contribution in [0.4, 0.5) is 9.18 Å². The molecule has 4 rings (SSSR count). The van der Waals surface area contributed by atoms with Crippen LogP contribution in [-0.4, -0.2) is 31.3 Å². The van der Waals surface area contributed by atoms with E-state index < -0.39 is 6.09 Å². The number of rotatable bonds is 6. The van der Waals surface area contributed by atoms with Gasteiger partial charge in [0.1, 0.15) is 11.6 Å². The van der Waals surface area contributed by atoms with Gasteiger partial charge in [0, 0.05) is 23.7 Å². The molecule has 2 aromatic carbocycles. The molecule has 8 nitrogen and oxygen atoms in total. The average molecular weight is 446 g/mol. The number of nitrogens with one attached hydrogen (secondary N) is 1. The van der Waals surface area contributed by atoms with Crippen LogP contribution in [0.25, 0.3) is 16.8 Å². The summed E-state index contributed by atoms with van der Waals surface area (Å²) in [5.41, 5.74) is 2.96. The van der Waals surface area contributed by atoms with Crippen LogP contribution in [-0.2, 0) is 6.54 Å². The maximum atomic E-state index is 14.7. The Morgan fingerprint density at radius 3 is 2.73 bits per heavy atom. The predicted molar refractivity (Wildman–Crippen MR) is 120 cm³/mol. The number of hydrogen-bond acceptors (Lipinski definition) is 6. The number of benzene rings is 2. The number of hydrogen-bond donors (Lipinski definition) is 1. The number of aryl methyl sites for hydroxylation is 1. The number of pyridine rings is 1. The third-order valence-electron chi connectivity index (χ3n) is 4.93. The lowest BCUT2D eigenvalue weighted by Crippen LogP contribution is -2.26. The third kappa shape index (κ3) is 5.20. The second kappa shape index (κ2) is 9.56. The lowest BCUT2D eigenvalue weighted by Gasteiger charge is -2.13. The molecule has 0 atom stereocenters. The lowest BCUT2D eigenvalue weighted by atomic mass is 10.0. The number of aromatic nitrogens is 5. The quantitative estimate of drug-likeness (QED) is 0.466. The van der Waals surface area contributed by atoms with Crippen LogP contribution in [0.5, 0.6) is 5.75 Å². The molecule has 0 bridgehead atoms. The molecule has 33 heavy (non-hydrogen) atoms. The Morgan fingerprint density at radius 2 is 2.00 bits per heavy atom. The Hall–Kier alpha value is -4.14. The van der Waals surface area contributed by atoms with E-state index in [0.717, 1.165) is 5.56 Å². The molecule has 1 N–H and O–H groups in total.